The Balaban J connectivity index is 1.36. The summed E-state index contributed by atoms with van der Waals surface area (Å²) in [4.78, 5) is 33.8. The second-order valence-corrected chi connectivity index (χ2v) is 9.25. The molecule has 0 unspecified atom stereocenters. The molecule has 1 aliphatic carbocycles. The summed E-state index contributed by atoms with van der Waals surface area (Å²) in [6, 6.07) is 14.1. The van der Waals surface area contributed by atoms with E-state index in [9.17, 15) is 9.59 Å². The first kappa shape index (κ1) is 20.9. The largest absolute Gasteiger partial charge is 0.339 e. The monoisotopic (exact) mass is 423 g/mol. The van der Waals surface area contributed by atoms with E-state index in [0.717, 1.165) is 36.5 Å². The lowest BCUT2D eigenvalue weighted by molar-refractivity contribution is -0.131. The number of carbonyl (C=O) groups is 2. The van der Waals surface area contributed by atoms with E-state index in [0.29, 0.717) is 23.8 Å². The minimum atomic E-state index is 0.0555. The molecule has 0 spiro atoms. The molecule has 4 rings (SSSR count). The Labute approximate surface area is 182 Å². The van der Waals surface area contributed by atoms with Crippen molar-refractivity contribution in [3.63, 3.8) is 0 Å². The Morgan fingerprint density at radius 1 is 1.13 bits per heavy atom. The Bertz CT molecular complexity index is 862. The molecule has 2 fully saturated rings. The first-order chi connectivity index (χ1) is 14.6. The summed E-state index contributed by atoms with van der Waals surface area (Å²) in [6.45, 7) is 4.48. The molecule has 0 radical (unpaired) electrons. The van der Waals surface area contributed by atoms with Crippen LogP contribution in [0.5, 0.6) is 0 Å². The van der Waals surface area contributed by atoms with Gasteiger partial charge in [0.25, 0.3) is 5.91 Å². The number of aromatic nitrogens is 1. The van der Waals surface area contributed by atoms with Crippen LogP contribution >= 0.6 is 11.8 Å². The molecule has 2 amide bonds. The predicted octanol–water partition coefficient (Wildman–Crippen LogP) is 4.24. The van der Waals surface area contributed by atoms with Crippen LogP contribution in [0.25, 0.3) is 0 Å². The minimum Gasteiger partial charge on any atom is -0.339 e. The van der Waals surface area contributed by atoms with E-state index >= 15 is 0 Å². The molecule has 6 heteroatoms. The second kappa shape index (κ2) is 9.65. The van der Waals surface area contributed by atoms with E-state index in [2.05, 4.69) is 24.0 Å². The Kier molecular flexibility index (Phi) is 6.72. The highest BCUT2D eigenvalue weighted by Gasteiger charge is 2.34. The lowest BCUT2D eigenvalue weighted by Crippen LogP contribution is -2.40. The van der Waals surface area contributed by atoms with Gasteiger partial charge in [0, 0.05) is 31.9 Å². The van der Waals surface area contributed by atoms with E-state index in [1.807, 2.05) is 40.1 Å². The fraction of sp³-hybridized carbons (Fsp3) is 0.458. The molecule has 0 bridgehead atoms. The molecular weight excluding hydrogens is 394 g/mol. The van der Waals surface area contributed by atoms with E-state index < -0.39 is 0 Å². The predicted molar refractivity (Wildman–Crippen MR) is 119 cm³/mol. The van der Waals surface area contributed by atoms with Crippen molar-refractivity contribution in [2.75, 3.05) is 18.8 Å². The molecular formula is C24H29N3O2S. The SMILES string of the molecule is C[C@H](C1CC1)N(Cc1ccccc1)C(=O)CSc1ccc(C(=O)N2CCCC2)cn1. The van der Waals surface area contributed by atoms with E-state index in [-0.39, 0.29) is 17.9 Å². The van der Waals surface area contributed by atoms with Crippen molar-refractivity contribution in [2.24, 2.45) is 5.92 Å². The maximum Gasteiger partial charge on any atom is 0.255 e. The number of pyridine rings is 1. The average molecular weight is 424 g/mol. The third-order valence-corrected chi connectivity index (χ3v) is 6.96. The second-order valence-electron chi connectivity index (χ2n) is 8.26. The number of benzene rings is 1. The Hall–Kier alpha value is -2.34. The smallest absolute Gasteiger partial charge is 0.255 e. The van der Waals surface area contributed by atoms with E-state index in [4.69, 9.17) is 0 Å². The average Bonchev–Trinajstić information content (AvgIpc) is 3.50. The highest BCUT2D eigenvalue weighted by Crippen LogP contribution is 2.36. The number of likely N-dealkylation sites (tertiary alicyclic amines) is 1. The molecule has 30 heavy (non-hydrogen) atoms. The number of rotatable bonds is 8. The van der Waals surface area contributed by atoms with Crippen molar-refractivity contribution >= 4 is 23.6 Å². The zero-order valence-corrected chi connectivity index (χ0v) is 18.3. The maximum absolute atomic E-state index is 13.1. The van der Waals surface area contributed by atoms with Gasteiger partial charge in [-0.3, -0.25) is 9.59 Å². The summed E-state index contributed by atoms with van der Waals surface area (Å²) >= 11 is 1.44. The highest BCUT2D eigenvalue weighted by molar-refractivity contribution is 7.99. The molecule has 0 N–H and O–H groups in total. The van der Waals surface area contributed by atoms with Gasteiger partial charge in [-0.05, 0) is 56.2 Å². The lowest BCUT2D eigenvalue weighted by Gasteiger charge is -2.29. The summed E-state index contributed by atoms with van der Waals surface area (Å²) in [5, 5.41) is 0.778. The van der Waals surface area contributed by atoms with Gasteiger partial charge in [0.2, 0.25) is 5.91 Å². The van der Waals surface area contributed by atoms with E-state index in [1.54, 1.807) is 6.20 Å². The molecule has 5 nitrogen and oxygen atoms in total. The number of carbonyl (C=O) groups excluding carboxylic acids is 2. The van der Waals surface area contributed by atoms with Gasteiger partial charge in [-0.25, -0.2) is 4.98 Å². The van der Waals surface area contributed by atoms with Crippen LogP contribution in [0.2, 0.25) is 0 Å². The lowest BCUT2D eigenvalue weighted by atomic mass is 10.1. The molecule has 2 aliphatic rings. The fourth-order valence-corrected chi connectivity index (χ4v) is 4.71. The molecule has 1 aromatic heterocycles. The zero-order valence-electron chi connectivity index (χ0n) is 17.5. The van der Waals surface area contributed by atoms with Gasteiger partial charge in [0.05, 0.1) is 16.3 Å². The van der Waals surface area contributed by atoms with Crippen molar-refractivity contribution in [1.82, 2.24) is 14.8 Å². The number of hydrogen-bond donors (Lipinski definition) is 0. The highest BCUT2D eigenvalue weighted by atomic mass is 32.2. The van der Waals surface area contributed by atoms with Gasteiger partial charge in [-0.15, -0.1) is 0 Å². The molecule has 1 saturated heterocycles. The summed E-state index contributed by atoms with van der Waals surface area (Å²) in [6.07, 6.45) is 6.21. The molecule has 1 aliphatic heterocycles. The van der Waals surface area contributed by atoms with Gasteiger partial charge in [-0.2, -0.15) is 0 Å². The first-order valence-corrected chi connectivity index (χ1v) is 11.8. The number of hydrogen-bond acceptors (Lipinski definition) is 4. The summed E-state index contributed by atoms with van der Waals surface area (Å²) in [5.41, 5.74) is 1.78. The van der Waals surface area contributed by atoms with Gasteiger partial charge < -0.3 is 9.80 Å². The third kappa shape index (κ3) is 5.22. The Morgan fingerprint density at radius 3 is 2.50 bits per heavy atom. The van der Waals surface area contributed by atoms with Gasteiger partial charge in [0.1, 0.15) is 0 Å². The maximum atomic E-state index is 13.1. The van der Waals surface area contributed by atoms with Crippen LogP contribution in [-0.4, -0.2) is 51.5 Å². The van der Waals surface area contributed by atoms with Crippen LogP contribution in [0.3, 0.4) is 0 Å². The fourth-order valence-electron chi connectivity index (χ4n) is 3.99. The van der Waals surface area contributed by atoms with Crippen LogP contribution in [0.4, 0.5) is 0 Å². The van der Waals surface area contributed by atoms with Crippen molar-refractivity contribution in [3.8, 4) is 0 Å². The number of amides is 2. The van der Waals surface area contributed by atoms with Crippen LogP contribution in [-0.2, 0) is 11.3 Å². The van der Waals surface area contributed by atoms with Crippen molar-refractivity contribution in [3.05, 3.63) is 59.8 Å². The summed E-state index contributed by atoms with van der Waals surface area (Å²) < 4.78 is 0. The van der Waals surface area contributed by atoms with Crippen molar-refractivity contribution in [2.45, 2.75) is 50.2 Å². The third-order valence-electron chi connectivity index (χ3n) is 6.03. The Morgan fingerprint density at radius 2 is 1.87 bits per heavy atom. The quantitative estimate of drug-likeness (QED) is 0.596. The molecule has 1 atom stereocenters. The minimum absolute atomic E-state index is 0.0555. The standard InChI is InChI=1S/C24H29N3O2S/c1-18(20-9-10-20)27(16-19-7-3-2-4-8-19)23(28)17-30-22-12-11-21(15-25-22)24(29)26-13-5-6-14-26/h2-4,7-8,11-12,15,18,20H,5-6,9-10,13-14,16-17H2,1H3/t18-/m1/s1. The summed E-state index contributed by atoms with van der Waals surface area (Å²) in [7, 11) is 0. The number of thioether (sulfide) groups is 1. The summed E-state index contributed by atoms with van der Waals surface area (Å²) in [5.74, 6) is 1.18. The van der Waals surface area contributed by atoms with Crippen molar-refractivity contribution in [1.29, 1.82) is 0 Å². The molecule has 2 aromatic rings. The zero-order chi connectivity index (χ0) is 20.9. The van der Waals surface area contributed by atoms with Gasteiger partial charge in [0.15, 0.2) is 0 Å². The van der Waals surface area contributed by atoms with Crippen LogP contribution in [0, 0.1) is 5.92 Å². The molecule has 158 valence electrons. The van der Waals surface area contributed by atoms with Crippen molar-refractivity contribution < 1.29 is 9.59 Å². The van der Waals surface area contributed by atoms with Crippen LogP contribution in [0.15, 0.2) is 53.7 Å². The van der Waals surface area contributed by atoms with Crippen LogP contribution < -0.4 is 0 Å². The normalized spacial score (nSPS) is 17.0. The number of nitrogens with zero attached hydrogens (tertiary/aromatic N) is 3. The van der Waals surface area contributed by atoms with Gasteiger partial charge in [-0.1, -0.05) is 42.1 Å². The van der Waals surface area contributed by atoms with E-state index in [1.165, 1.54) is 24.6 Å². The molecule has 1 saturated carbocycles. The molecule has 1 aromatic carbocycles. The molecule has 2 heterocycles. The van der Waals surface area contributed by atoms with Crippen LogP contribution in [0.1, 0.15) is 48.5 Å². The topological polar surface area (TPSA) is 53.5 Å². The first-order valence-electron chi connectivity index (χ1n) is 10.8. The van der Waals surface area contributed by atoms with Gasteiger partial charge >= 0.3 is 0 Å².